The van der Waals surface area contributed by atoms with Gasteiger partial charge in [0.25, 0.3) is 0 Å². The van der Waals surface area contributed by atoms with Crippen molar-refractivity contribution in [3.63, 3.8) is 0 Å². The third-order valence-corrected chi connectivity index (χ3v) is 1.21. The van der Waals surface area contributed by atoms with Gasteiger partial charge in [-0.25, -0.2) is 0 Å². The molecule has 0 aromatic heterocycles. The molecule has 1 saturated heterocycles. The van der Waals surface area contributed by atoms with E-state index in [0.717, 1.165) is 19.5 Å². The molecule has 0 spiro atoms. The van der Waals surface area contributed by atoms with Crippen LogP contribution in [0.3, 0.4) is 0 Å². The van der Waals surface area contributed by atoms with Crippen LogP contribution in [-0.2, 0) is 0 Å². The zero-order chi connectivity index (χ0) is 5.82. The normalized spacial score (nSPS) is 16.6. The molecule has 0 unspecified atom stereocenters. The van der Waals surface area contributed by atoms with Gasteiger partial charge in [-0.1, -0.05) is 6.08 Å². The van der Waals surface area contributed by atoms with Crippen molar-refractivity contribution in [2.45, 2.75) is 6.42 Å². The second-order valence-electron chi connectivity index (χ2n) is 1.87. The summed E-state index contributed by atoms with van der Waals surface area (Å²) in [5.74, 6) is 2.56. The van der Waals surface area contributed by atoms with Gasteiger partial charge in [-0.15, -0.1) is 12.3 Å². The van der Waals surface area contributed by atoms with Crippen molar-refractivity contribution in [1.29, 1.82) is 0 Å². The lowest BCUT2D eigenvalue weighted by molar-refractivity contribution is 0.665. The van der Waals surface area contributed by atoms with E-state index in [2.05, 4.69) is 17.3 Å². The molecule has 1 N–H and O–H groups in total. The molecule has 0 saturated carbocycles. The molecule has 1 nitrogen and oxygen atoms in total. The fourth-order valence-corrected chi connectivity index (χ4v) is 0.617. The zero-order valence-electron chi connectivity index (χ0n) is 4.78. The number of hydrogen-bond acceptors (Lipinski definition) is 1. The number of allylic oxidation sites excluding steroid dienone is 1. The highest BCUT2D eigenvalue weighted by atomic mass is 14.9. The number of terminal acetylenes is 1. The van der Waals surface area contributed by atoms with Crippen LogP contribution in [0.25, 0.3) is 0 Å². The highest BCUT2D eigenvalue weighted by Crippen LogP contribution is 2.00. The van der Waals surface area contributed by atoms with Gasteiger partial charge in [0.05, 0.1) is 0 Å². The molecule has 1 heterocycles. The van der Waals surface area contributed by atoms with E-state index in [1.807, 2.05) is 0 Å². The van der Waals surface area contributed by atoms with Gasteiger partial charge in [-0.2, -0.15) is 0 Å². The Balaban J connectivity index is 2.23. The highest BCUT2D eigenvalue weighted by Gasteiger charge is 2.03. The monoisotopic (exact) mass is 107 g/mol. The summed E-state index contributed by atoms with van der Waals surface area (Å²) in [4.78, 5) is 0. The van der Waals surface area contributed by atoms with Gasteiger partial charge in [-0.3, -0.25) is 0 Å². The summed E-state index contributed by atoms with van der Waals surface area (Å²) in [5.41, 5.74) is 1.45. The molecule has 0 atom stereocenters. The third kappa shape index (κ3) is 1.11. The maximum Gasteiger partial charge on any atom is 0.0270 e. The maximum atomic E-state index is 5.04. The Morgan fingerprint density at radius 2 is 2.50 bits per heavy atom. The van der Waals surface area contributed by atoms with Crippen molar-refractivity contribution < 1.29 is 0 Å². The minimum absolute atomic E-state index is 0.789. The molecule has 0 radical (unpaired) electrons. The van der Waals surface area contributed by atoms with Crippen molar-refractivity contribution in [3.05, 3.63) is 11.6 Å². The first-order valence-corrected chi connectivity index (χ1v) is 2.75. The maximum absolute atomic E-state index is 5.04. The van der Waals surface area contributed by atoms with E-state index in [-0.39, 0.29) is 0 Å². The van der Waals surface area contributed by atoms with E-state index in [0.29, 0.717) is 0 Å². The Labute approximate surface area is 49.8 Å². The van der Waals surface area contributed by atoms with Crippen LogP contribution in [-0.4, -0.2) is 13.1 Å². The number of rotatable bonds is 1. The van der Waals surface area contributed by atoms with Gasteiger partial charge in [0.1, 0.15) is 0 Å². The van der Waals surface area contributed by atoms with Gasteiger partial charge in [-0.05, 0) is 5.57 Å². The van der Waals surface area contributed by atoms with Crippen molar-refractivity contribution in [2.75, 3.05) is 13.1 Å². The molecule has 1 aliphatic rings. The van der Waals surface area contributed by atoms with E-state index in [9.17, 15) is 0 Å². The minimum atomic E-state index is 0.789. The number of hydrogen-bond donors (Lipinski definition) is 1. The highest BCUT2D eigenvalue weighted by molar-refractivity contribution is 5.16. The van der Waals surface area contributed by atoms with Crippen LogP contribution in [0.15, 0.2) is 11.6 Å². The lowest BCUT2D eigenvalue weighted by Gasteiger charge is -2.17. The average molecular weight is 107 g/mol. The van der Waals surface area contributed by atoms with E-state index < -0.39 is 0 Å². The Bertz CT molecular complexity index is 133. The summed E-state index contributed by atoms with van der Waals surface area (Å²) in [5, 5.41) is 3.13. The van der Waals surface area contributed by atoms with Crippen LogP contribution < -0.4 is 5.32 Å². The van der Waals surface area contributed by atoms with Gasteiger partial charge >= 0.3 is 0 Å². The summed E-state index contributed by atoms with van der Waals surface area (Å²) < 4.78 is 0. The molecule has 0 bridgehead atoms. The van der Waals surface area contributed by atoms with Gasteiger partial charge in [0.2, 0.25) is 0 Å². The Morgan fingerprint density at radius 3 is 2.88 bits per heavy atom. The molecule has 1 aliphatic heterocycles. The van der Waals surface area contributed by atoms with Crippen LogP contribution in [0.1, 0.15) is 6.42 Å². The van der Waals surface area contributed by atoms with Crippen LogP contribution in [0, 0.1) is 12.3 Å². The Morgan fingerprint density at radius 1 is 1.75 bits per heavy atom. The molecule has 42 valence electrons. The first-order valence-electron chi connectivity index (χ1n) is 2.75. The van der Waals surface area contributed by atoms with Crippen LogP contribution >= 0.6 is 0 Å². The fraction of sp³-hybridized carbons (Fsp3) is 0.429. The van der Waals surface area contributed by atoms with Crippen LogP contribution in [0.5, 0.6) is 0 Å². The van der Waals surface area contributed by atoms with Crippen molar-refractivity contribution in [2.24, 2.45) is 0 Å². The topological polar surface area (TPSA) is 12.0 Å². The second kappa shape index (κ2) is 2.54. The fourth-order valence-electron chi connectivity index (χ4n) is 0.617. The molecule has 0 aromatic rings. The number of nitrogens with one attached hydrogen (secondary N) is 1. The first-order chi connectivity index (χ1) is 3.93. The molecule has 0 aromatic carbocycles. The summed E-state index contributed by atoms with van der Waals surface area (Å²) in [7, 11) is 0. The minimum Gasteiger partial charge on any atom is -0.309 e. The quantitative estimate of drug-likeness (QED) is 0.381. The summed E-state index contributed by atoms with van der Waals surface area (Å²) in [6.45, 7) is 2.09. The van der Waals surface area contributed by atoms with E-state index >= 15 is 0 Å². The molecular formula is C7H9N. The Hall–Kier alpha value is -0.740. The van der Waals surface area contributed by atoms with Crippen LogP contribution in [0.4, 0.5) is 0 Å². The van der Waals surface area contributed by atoms with Crippen LogP contribution in [0.2, 0.25) is 0 Å². The van der Waals surface area contributed by atoms with Crippen molar-refractivity contribution in [1.82, 2.24) is 5.32 Å². The standard InChI is InChI=1S/C7H9N/c1-2-3-4-7-5-8-6-7/h1,4,8H,3,5-6H2. The van der Waals surface area contributed by atoms with Gasteiger partial charge < -0.3 is 5.32 Å². The largest absolute Gasteiger partial charge is 0.309 e. The molecule has 1 fully saturated rings. The Kier molecular flexibility index (Phi) is 1.71. The average Bonchev–Trinajstić information content (AvgIpc) is 1.63. The second-order valence-corrected chi connectivity index (χ2v) is 1.87. The lowest BCUT2D eigenvalue weighted by Crippen LogP contribution is -2.33. The van der Waals surface area contributed by atoms with E-state index in [4.69, 9.17) is 6.42 Å². The van der Waals surface area contributed by atoms with E-state index in [1.165, 1.54) is 5.57 Å². The summed E-state index contributed by atoms with van der Waals surface area (Å²) >= 11 is 0. The summed E-state index contributed by atoms with van der Waals surface area (Å²) in [6.07, 6.45) is 7.94. The summed E-state index contributed by atoms with van der Waals surface area (Å²) in [6, 6.07) is 0. The first kappa shape index (κ1) is 5.40. The van der Waals surface area contributed by atoms with E-state index in [1.54, 1.807) is 0 Å². The predicted octanol–water partition coefficient (Wildman–Crippen LogP) is 0.539. The third-order valence-electron chi connectivity index (χ3n) is 1.21. The zero-order valence-corrected chi connectivity index (χ0v) is 4.78. The molecule has 0 amide bonds. The SMILES string of the molecule is C#CCC=C1CNC1. The molecular weight excluding hydrogens is 98.1 g/mol. The molecule has 0 aliphatic carbocycles. The molecule has 8 heavy (non-hydrogen) atoms. The van der Waals surface area contributed by atoms with Gasteiger partial charge in [0.15, 0.2) is 0 Å². The van der Waals surface area contributed by atoms with Crippen molar-refractivity contribution >= 4 is 0 Å². The molecule has 1 heteroatoms. The predicted molar refractivity (Wildman–Crippen MR) is 34.4 cm³/mol. The van der Waals surface area contributed by atoms with Crippen molar-refractivity contribution in [3.8, 4) is 12.3 Å². The smallest absolute Gasteiger partial charge is 0.0270 e. The van der Waals surface area contributed by atoms with Gasteiger partial charge in [0, 0.05) is 19.5 Å². The lowest BCUT2D eigenvalue weighted by atomic mass is 10.1. The molecule has 1 rings (SSSR count).